The number of aryl methyl sites for hydroxylation is 1. The summed E-state index contributed by atoms with van der Waals surface area (Å²) in [7, 11) is 0. The molecule has 0 spiro atoms. The highest BCUT2D eigenvalue weighted by Crippen LogP contribution is 2.11. The van der Waals surface area contributed by atoms with Crippen LogP contribution in [0.15, 0.2) is 30.9 Å². The van der Waals surface area contributed by atoms with Gasteiger partial charge in [0.25, 0.3) is 5.91 Å². The Morgan fingerprint density at radius 3 is 2.90 bits per heavy atom. The first kappa shape index (κ1) is 13.8. The Labute approximate surface area is 123 Å². The lowest BCUT2D eigenvalue weighted by molar-refractivity contribution is 0.0694. The largest absolute Gasteiger partial charge is 0.381 e. The SMILES string of the molecule is Cc1cc(C(=O)NC2CCOCC2)nc(-n2ccnc2)c1. The van der Waals surface area contributed by atoms with Crippen LogP contribution >= 0.6 is 0 Å². The van der Waals surface area contributed by atoms with Gasteiger partial charge in [0.15, 0.2) is 0 Å². The molecule has 6 nitrogen and oxygen atoms in total. The number of aromatic nitrogens is 3. The van der Waals surface area contributed by atoms with Crippen LogP contribution in [0.3, 0.4) is 0 Å². The first-order valence-electron chi connectivity index (χ1n) is 7.08. The Hall–Kier alpha value is -2.21. The molecule has 1 amide bonds. The molecule has 2 aromatic heterocycles. The van der Waals surface area contributed by atoms with Crippen molar-refractivity contribution in [2.75, 3.05) is 13.2 Å². The molecule has 3 heterocycles. The molecule has 6 heteroatoms. The van der Waals surface area contributed by atoms with Gasteiger partial charge in [-0.1, -0.05) is 0 Å². The summed E-state index contributed by atoms with van der Waals surface area (Å²) in [6, 6.07) is 3.90. The lowest BCUT2D eigenvalue weighted by Crippen LogP contribution is -2.39. The molecule has 2 aromatic rings. The van der Waals surface area contributed by atoms with Gasteiger partial charge in [0, 0.05) is 31.6 Å². The van der Waals surface area contributed by atoms with Gasteiger partial charge in [0.05, 0.1) is 0 Å². The average molecular weight is 286 g/mol. The molecule has 1 N–H and O–H groups in total. The van der Waals surface area contributed by atoms with E-state index in [1.165, 1.54) is 0 Å². The Balaban J connectivity index is 1.79. The fourth-order valence-corrected chi connectivity index (χ4v) is 2.39. The summed E-state index contributed by atoms with van der Waals surface area (Å²) in [5.74, 6) is 0.566. The summed E-state index contributed by atoms with van der Waals surface area (Å²) < 4.78 is 7.09. The standard InChI is InChI=1S/C15H18N4O2/c1-11-8-13(15(20)17-12-2-6-21-7-3-12)18-14(9-11)19-5-4-16-10-19/h4-5,8-10,12H,2-3,6-7H2,1H3,(H,17,20). The second-order valence-corrected chi connectivity index (χ2v) is 5.22. The highest BCUT2D eigenvalue weighted by Gasteiger charge is 2.18. The van der Waals surface area contributed by atoms with Crippen molar-refractivity contribution < 1.29 is 9.53 Å². The summed E-state index contributed by atoms with van der Waals surface area (Å²) in [4.78, 5) is 20.8. The molecule has 1 aliphatic heterocycles. The van der Waals surface area contributed by atoms with E-state index in [-0.39, 0.29) is 11.9 Å². The summed E-state index contributed by atoms with van der Waals surface area (Å²) in [6.07, 6.45) is 6.87. The van der Waals surface area contributed by atoms with Gasteiger partial charge < -0.3 is 10.1 Å². The van der Waals surface area contributed by atoms with Gasteiger partial charge in [-0.15, -0.1) is 0 Å². The predicted octanol–water partition coefficient (Wildman–Crippen LogP) is 1.48. The third kappa shape index (κ3) is 3.28. The molecule has 0 unspecified atom stereocenters. The zero-order chi connectivity index (χ0) is 14.7. The second kappa shape index (κ2) is 6.05. The maximum atomic E-state index is 12.3. The van der Waals surface area contributed by atoms with Crippen molar-refractivity contribution in [1.82, 2.24) is 19.9 Å². The maximum Gasteiger partial charge on any atom is 0.270 e. The van der Waals surface area contributed by atoms with Crippen LogP contribution in [0.5, 0.6) is 0 Å². The number of ether oxygens (including phenoxy) is 1. The lowest BCUT2D eigenvalue weighted by Gasteiger charge is -2.23. The van der Waals surface area contributed by atoms with E-state index < -0.39 is 0 Å². The van der Waals surface area contributed by atoms with Crippen molar-refractivity contribution in [2.24, 2.45) is 0 Å². The number of rotatable bonds is 3. The molecular formula is C15H18N4O2. The molecule has 1 aliphatic rings. The molecule has 1 fully saturated rings. The molecule has 21 heavy (non-hydrogen) atoms. The fourth-order valence-electron chi connectivity index (χ4n) is 2.39. The van der Waals surface area contributed by atoms with Crippen molar-refractivity contribution in [3.05, 3.63) is 42.1 Å². The van der Waals surface area contributed by atoms with E-state index in [0.717, 1.165) is 18.4 Å². The topological polar surface area (TPSA) is 69.0 Å². The van der Waals surface area contributed by atoms with E-state index in [9.17, 15) is 4.79 Å². The van der Waals surface area contributed by atoms with E-state index in [4.69, 9.17) is 4.74 Å². The third-order valence-electron chi connectivity index (χ3n) is 3.51. The smallest absolute Gasteiger partial charge is 0.270 e. The molecular weight excluding hydrogens is 268 g/mol. The van der Waals surface area contributed by atoms with E-state index >= 15 is 0 Å². The molecule has 1 saturated heterocycles. The van der Waals surface area contributed by atoms with Gasteiger partial charge in [-0.2, -0.15) is 0 Å². The summed E-state index contributed by atoms with van der Waals surface area (Å²) in [6.45, 7) is 3.35. The van der Waals surface area contributed by atoms with Crippen molar-refractivity contribution >= 4 is 5.91 Å². The zero-order valence-electron chi connectivity index (χ0n) is 12.0. The van der Waals surface area contributed by atoms with Crippen LogP contribution < -0.4 is 5.32 Å². The number of carbonyl (C=O) groups excluding carboxylic acids is 1. The quantitative estimate of drug-likeness (QED) is 0.928. The van der Waals surface area contributed by atoms with Crippen molar-refractivity contribution in [1.29, 1.82) is 0 Å². The van der Waals surface area contributed by atoms with Gasteiger partial charge in [-0.25, -0.2) is 9.97 Å². The van der Waals surface area contributed by atoms with E-state index in [1.54, 1.807) is 23.2 Å². The molecule has 0 aromatic carbocycles. The van der Waals surface area contributed by atoms with Crippen molar-refractivity contribution in [2.45, 2.75) is 25.8 Å². The van der Waals surface area contributed by atoms with Crippen LogP contribution in [0.2, 0.25) is 0 Å². The number of nitrogens with zero attached hydrogens (tertiary/aromatic N) is 3. The Morgan fingerprint density at radius 2 is 2.19 bits per heavy atom. The number of hydrogen-bond donors (Lipinski definition) is 1. The van der Waals surface area contributed by atoms with Crippen molar-refractivity contribution in [3.63, 3.8) is 0 Å². The summed E-state index contributed by atoms with van der Waals surface area (Å²) in [5, 5.41) is 3.03. The first-order chi connectivity index (χ1) is 10.2. The minimum Gasteiger partial charge on any atom is -0.381 e. The number of amides is 1. The van der Waals surface area contributed by atoms with Gasteiger partial charge >= 0.3 is 0 Å². The maximum absolute atomic E-state index is 12.3. The first-order valence-corrected chi connectivity index (χ1v) is 7.08. The molecule has 0 aliphatic carbocycles. The molecule has 110 valence electrons. The normalized spacial score (nSPS) is 15.9. The Morgan fingerprint density at radius 1 is 1.38 bits per heavy atom. The fraction of sp³-hybridized carbons (Fsp3) is 0.400. The highest BCUT2D eigenvalue weighted by molar-refractivity contribution is 5.92. The van der Waals surface area contributed by atoms with Gasteiger partial charge in [-0.3, -0.25) is 9.36 Å². The van der Waals surface area contributed by atoms with Gasteiger partial charge in [0.2, 0.25) is 0 Å². The molecule has 0 saturated carbocycles. The number of nitrogens with one attached hydrogen (secondary N) is 1. The highest BCUT2D eigenvalue weighted by atomic mass is 16.5. The minimum absolute atomic E-state index is 0.132. The van der Waals surface area contributed by atoms with Crippen LogP contribution in [-0.4, -0.2) is 39.7 Å². The van der Waals surface area contributed by atoms with Crippen LogP contribution in [0.25, 0.3) is 5.82 Å². The number of carbonyl (C=O) groups is 1. The van der Waals surface area contributed by atoms with E-state index in [2.05, 4.69) is 15.3 Å². The van der Waals surface area contributed by atoms with Crippen LogP contribution in [0.4, 0.5) is 0 Å². The minimum atomic E-state index is -0.132. The predicted molar refractivity (Wildman–Crippen MR) is 77.4 cm³/mol. The molecule has 3 rings (SSSR count). The lowest BCUT2D eigenvalue weighted by atomic mass is 10.1. The van der Waals surface area contributed by atoms with Crippen LogP contribution in [-0.2, 0) is 4.74 Å². The van der Waals surface area contributed by atoms with Crippen LogP contribution in [0, 0.1) is 6.92 Å². The molecule has 0 bridgehead atoms. The van der Waals surface area contributed by atoms with Gasteiger partial charge in [0.1, 0.15) is 17.8 Å². The van der Waals surface area contributed by atoms with Crippen LogP contribution in [0.1, 0.15) is 28.9 Å². The Kier molecular flexibility index (Phi) is 3.96. The summed E-state index contributed by atoms with van der Waals surface area (Å²) in [5.41, 5.74) is 1.43. The number of pyridine rings is 1. The summed E-state index contributed by atoms with van der Waals surface area (Å²) >= 11 is 0. The third-order valence-corrected chi connectivity index (χ3v) is 3.51. The Bertz CT molecular complexity index is 619. The molecule has 0 radical (unpaired) electrons. The van der Waals surface area contributed by atoms with E-state index in [1.807, 2.05) is 19.2 Å². The van der Waals surface area contributed by atoms with Gasteiger partial charge in [-0.05, 0) is 37.5 Å². The van der Waals surface area contributed by atoms with E-state index in [0.29, 0.717) is 24.7 Å². The number of hydrogen-bond acceptors (Lipinski definition) is 4. The molecule has 0 atom stereocenters. The average Bonchev–Trinajstić information content (AvgIpc) is 3.02. The number of imidazole rings is 1. The second-order valence-electron chi connectivity index (χ2n) is 5.22. The zero-order valence-corrected chi connectivity index (χ0v) is 12.0. The monoisotopic (exact) mass is 286 g/mol. The van der Waals surface area contributed by atoms with Crippen molar-refractivity contribution in [3.8, 4) is 5.82 Å².